The molecule has 2 rings (SSSR count). The molecular formula is C14H20FNO3S. The predicted molar refractivity (Wildman–Crippen MR) is 74.1 cm³/mol. The summed E-state index contributed by atoms with van der Waals surface area (Å²) in [7, 11) is -3.60. The third kappa shape index (κ3) is 3.19. The zero-order valence-electron chi connectivity index (χ0n) is 11.5. The van der Waals surface area contributed by atoms with Crippen LogP contribution in [0.15, 0.2) is 23.1 Å². The lowest BCUT2D eigenvalue weighted by Crippen LogP contribution is -2.34. The maximum Gasteiger partial charge on any atom is 0.243 e. The molecule has 6 heteroatoms. The van der Waals surface area contributed by atoms with Gasteiger partial charge in [-0.25, -0.2) is 12.8 Å². The molecule has 0 saturated heterocycles. The van der Waals surface area contributed by atoms with Gasteiger partial charge in [0.1, 0.15) is 5.82 Å². The summed E-state index contributed by atoms with van der Waals surface area (Å²) in [6.07, 6.45) is 3.50. The summed E-state index contributed by atoms with van der Waals surface area (Å²) in [5.74, 6) is -0.585. The quantitative estimate of drug-likeness (QED) is 0.840. The van der Waals surface area contributed by atoms with Crippen LogP contribution in [0.3, 0.4) is 0 Å². The van der Waals surface area contributed by atoms with Gasteiger partial charge in [0, 0.05) is 18.2 Å². The van der Waals surface area contributed by atoms with E-state index < -0.39 is 22.4 Å². The maximum atomic E-state index is 13.4. The van der Waals surface area contributed by atoms with Crippen LogP contribution in [0.5, 0.6) is 0 Å². The van der Waals surface area contributed by atoms with Crippen LogP contribution in [0.2, 0.25) is 0 Å². The highest BCUT2D eigenvalue weighted by Gasteiger charge is 2.37. The number of benzene rings is 1. The average molecular weight is 301 g/mol. The third-order valence-electron chi connectivity index (χ3n) is 3.48. The highest BCUT2D eigenvalue weighted by Crippen LogP contribution is 2.32. The van der Waals surface area contributed by atoms with Gasteiger partial charge in [-0.1, -0.05) is 13.3 Å². The van der Waals surface area contributed by atoms with Crippen molar-refractivity contribution < 1.29 is 17.9 Å². The molecule has 1 aromatic carbocycles. The van der Waals surface area contributed by atoms with Crippen LogP contribution in [-0.2, 0) is 16.6 Å². The first kappa shape index (κ1) is 15.4. The van der Waals surface area contributed by atoms with E-state index in [2.05, 4.69) is 0 Å². The lowest BCUT2D eigenvalue weighted by Gasteiger charge is -2.22. The Bertz CT molecular complexity index is 570. The maximum absolute atomic E-state index is 13.4. The monoisotopic (exact) mass is 301 g/mol. The Morgan fingerprint density at radius 1 is 1.40 bits per heavy atom. The SMILES string of the molecule is CCCCN(C1CC1)S(=O)(=O)c1ccc(F)c(CO)c1. The number of unbranched alkanes of at least 4 members (excludes halogenated alkanes) is 1. The number of aliphatic hydroxyl groups excluding tert-OH is 1. The molecule has 0 spiro atoms. The lowest BCUT2D eigenvalue weighted by atomic mass is 10.2. The van der Waals surface area contributed by atoms with Crippen LogP contribution >= 0.6 is 0 Å². The Labute approximate surface area is 119 Å². The van der Waals surface area contributed by atoms with Gasteiger partial charge in [-0.05, 0) is 37.5 Å². The molecule has 0 bridgehead atoms. The van der Waals surface area contributed by atoms with E-state index in [0.717, 1.165) is 31.7 Å². The van der Waals surface area contributed by atoms with Gasteiger partial charge in [0.15, 0.2) is 0 Å². The Balaban J connectivity index is 2.32. The zero-order chi connectivity index (χ0) is 14.8. The minimum Gasteiger partial charge on any atom is -0.392 e. The number of nitrogens with zero attached hydrogens (tertiary/aromatic N) is 1. The molecular weight excluding hydrogens is 281 g/mol. The minimum atomic E-state index is -3.60. The molecule has 1 fully saturated rings. The van der Waals surface area contributed by atoms with E-state index >= 15 is 0 Å². The second-order valence-electron chi connectivity index (χ2n) is 5.11. The van der Waals surface area contributed by atoms with Gasteiger partial charge in [0.2, 0.25) is 10.0 Å². The van der Waals surface area contributed by atoms with Gasteiger partial charge in [-0.15, -0.1) is 0 Å². The van der Waals surface area contributed by atoms with Gasteiger partial charge in [-0.3, -0.25) is 0 Å². The summed E-state index contributed by atoms with van der Waals surface area (Å²) in [4.78, 5) is 0.0611. The number of halogens is 1. The van der Waals surface area contributed by atoms with Gasteiger partial charge in [0.25, 0.3) is 0 Å². The summed E-state index contributed by atoms with van der Waals surface area (Å²) in [5.41, 5.74) is 0.0114. The molecule has 1 aliphatic rings. The van der Waals surface area contributed by atoms with E-state index in [1.54, 1.807) is 0 Å². The second kappa shape index (κ2) is 6.20. The molecule has 0 unspecified atom stereocenters. The average Bonchev–Trinajstić information content (AvgIpc) is 3.24. The summed E-state index contributed by atoms with van der Waals surface area (Å²) >= 11 is 0. The fourth-order valence-electron chi connectivity index (χ4n) is 2.14. The number of hydrogen-bond acceptors (Lipinski definition) is 3. The summed E-state index contributed by atoms with van der Waals surface area (Å²) in [6.45, 7) is 2.00. The van der Waals surface area contributed by atoms with Gasteiger partial charge >= 0.3 is 0 Å². The Morgan fingerprint density at radius 3 is 2.65 bits per heavy atom. The van der Waals surface area contributed by atoms with Crippen LogP contribution < -0.4 is 0 Å². The first-order valence-corrected chi connectivity index (χ1v) is 8.35. The summed E-state index contributed by atoms with van der Waals surface area (Å²) in [6, 6.07) is 3.68. The van der Waals surface area contributed by atoms with E-state index in [9.17, 15) is 12.8 Å². The molecule has 0 aromatic heterocycles. The molecule has 1 saturated carbocycles. The molecule has 4 nitrogen and oxygen atoms in total. The summed E-state index contributed by atoms with van der Waals surface area (Å²) in [5, 5.41) is 9.06. The Morgan fingerprint density at radius 2 is 2.10 bits per heavy atom. The molecule has 0 atom stereocenters. The van der Waals surface area contributed by atoms with Crippen molar-refractivity contribution in [3.05, 3.63) is 29.6 Å². The van der Waals surface area contributed by atoms with Crippen molar-refractivity contribution in [3.63, 3.8) is 0 Å². The topological polar surface area (TPSA) is 57.6 Å². The normalized spacial score (nSPS) is 15.8. The molecule has 0 aliphatic heterocycles. The van der Waals surface area contributed by atoms with Crippen LogP contribution in [-0.4, -0.2) is 30.4 Å². The molecule has 20 heavy (non-hydrogen) atoms. The van der Waals surface area contributed by atoms with Crippen molar-refractivity contribution in [1.82, 2.24) is 4.31 Å². The fraction of sp³-hybridized carbons (Fsp3) is 0.571. The molecule has 0 heterocycles. The van der Waals surface area contributed by atoms with E-state index in [-0.39, 0.29) is 16.5 Å². The Kier molecular flexibility index (Phi) is 4.78. The molecule has 1 aromatic rings. The standard InChI is InChI=1S/C14H20FNO3S/c1-2-3-8-16(12-4-5-12)20(18,19)13-6-7-14(15)11(9-13)10-17/h6-7,9,12,17H,2-5,8,10H2,1H3. The van der Waals surface area contributed by atoms with E-state index in [4.69, 9.17) is 5.11 Å². The van der Waals surface area contributed by atoms with Crippen LogP contribution in [0.25, 0.3) is 0 Å². The van der Waals surface area contributed by atoms with E-state index in [0.29, 0.717) is 6.54 Å². The van der Waals surface area contributed by atoms with Crippen LogP contribution in [0.4, 0.5) is 4.39 Å². The van der Waals surface area contributed by atoms with Crippen molar-refractivity contribution in [2.75, 3.05) is 6.54 Å². The molecule has 0 radical (unpaired) electrons. The fourth-order valence-corrected chi connectivity index (χ4v) is 3.92. The lowest BCUT2D eigenvalue weighted by molar-refractivity contribution is 0.275. The molecule has 1 N–H and O–H groups in total. The number of aliphatic hydroxyl groups is 1. The smallest absolute Gasteiger partial charge is 0.243 e. The van der Waals surface area contributed by atoms with Crippen molar-refractivity contribution in [3.8, 4) is 0 Å². The van der Waals surface area contributed by atoms with Crippen LogP contribution in [0.1, 0.15) is 38.2 Å². The van der Waals surface area contributed by atoms with E-state index in [1.165, 1.54) is 16.4 Å². The summed E-state index contributed by atoms with van der Waals surface area (Å²) < 4.78 is 40.1. The number of rotatable bonds is 7. The Hall–Kier alpha value is -0.980. The predicted octanol–water partition coefficient (Wildman–Crippen LogP) is 2.27. The van der Waals surface area contributed by atoms with Crippen molar-refractivity contribution in [2.45, 2.75) is 50.2 Å². The van der Waals surface area contributed by atoms with Crippen molar-refractivity contribution >= 4 is 10.0 Å². The van der Waals surface area contributed by atoms with Crippen molar-refractivity contribution in [1.29, 1.82) is 0 Å². The minimum absolute atomic E-state index is 0.0114. The second-order valence-corrected chi connectivity index (χ2v) is 7.00. The third-order valence-corrected chi connectivity index (χ3v) is 5.43. The van der Waals surface area contributed by atoms with Gasteiger partial charge < -0.3 is 5.11 Å². The van der Waals surface area contributed by atoms with Crippen molar-refractivity contribution in [2.24, 2.45) is 0 Å². The first-order valence-electron chi connectivity index (χ1n) is 6.91. The van der Waals surface area contributed by atoms with E-state index in [1.807, 2.05) is 6.92 Å². The van der Waals surface area contributed by atoms with Crippen LogP contribution in [0, 0.1) is 5.82 Å². The highest BCUT2D eigenvalue weighted by molar-refractivity contribution is 7.89. The molecule has 1 aliphatic carbocycles. The highest BCUT2D eigenvalue weighted by atomic mass is 32.2. The zero-order valence-corrected chi connectivity index (χ0v) is 12.4. The molecule has 112 valence electrons. The molecule has 0 amide bonds. The van der Waals surface area contributed by atoms with Gasteiger partial charge in [-0.2, -0.15) is 4.31 Å². The number of hydrogen-bond donors (Lipinski definition) is 1. The van der Waals surface area contributed by atoms with Gasteiger partial charge in [0.05, 0.1) is 11.5 Å². The first-order chi connectivity index (χ1) is 9.50. The largest absolute Gasteiger partial charge is 0.392 e. The number of sulfonamides is 1.